The first-order valence-electron chi connectivity index (χ1n) is 4.26. The molecule has 0 bridgehead atoms. The largest absolute Gasteiger partial charge is 0.396 e. The van der Waals surface area contributed by atoms with Gasteiger partial charge in [-0.1, -0.05) is 0 Å². The number of nitrogens with zero attached hydrogens (tertiary/aromatic N) is 3. The molecule has 7 heteroatoms. The third-order valence-electron chi connectivity index (χ3n) is 1.91. The zero-order chi connectivity index (χ0) is 10.8. The van der Waals surface area contributed by atoms with Crippen molar-refractivity contribution < 1.29 is 4.79 Å². The SMILES string of the molecule is Cn1ncc(N)c1C(=O)Nc1ncc[nH]1. The van der Waals surface area contributed by atoms with Gasteiger partial charge < -0.3 is 10.7 Å². The van der Waals surface area contributed by atoms with Crippen molar-refractivity contribution in [3.63, 3.8) is 0 Å². The molecular formula is C8H10N6O. The van der Waals surface area contributed by atoms with Gasteiger partial charge in [0.05, 0.1) is 11.9 Å². The van der Waals surface area contributed by atoms with Gasteiger partial charge >= 0.3 is 0 Å². The summed E-state index contributed by atoms with van der Waals surface area (Å²) in [7, 11) is 1.65. The minimum atomic E-state index is -0.345. The molecule has 1 amide bonds. The fraction of sp³-hybridized carbons (Fsp3) is 0.125. The van der Waals surface area contributed by atoms with E-state index in [0.717, 1.165) is 0 Å². The van der Waals surface area contributed by atoms with Crippen molar-refractivity contribution in [2.75, 3.05) is 11.1 Å². The number of carbonyl (C=O) groups is 1. The number of imidazole rings is 1. The molecular weight excluding hydrogens is 196 g/mol. The molecule has 0 aliphatic carbocycles. The van der Waals surface area contributed by atoms with Crippen molar-refractivity contribution in [3.05, 3.63) is 24.3 Å². The van der Waals surface area contributed by atoms with E-state index in [9.17, 15) is 4.79 Å². The van der Waals surface area contributed by atoms with Crippen LogP contribution in [0.15, 0.2) is 18.6 Å². The topological polar surface area (TPSA) is 102 Å². The van der Waals surface area contributed by atoms with Crippen molar-refractivity contribution in [1.82, 2.24) is 19.7 Å². The maximum atomic E-state index is 11.7. The number of amides is 1. The van der Waals surface area contributed by atoms with Gasteiger partial charge in [-0.3, -0.25) is 14.8 Å². The van der Waals surface area contributed by atoms with Gasteiger partial charge in [0.2, 0.25) is 5.95 Å². The van der Waals surface area contributed by atoms with Gasteiger partial charge in [-0.2, -0.15) is 5.10 Å². The van der Waals surface area contributed by atoms with E-state index in [4.69, 9.17) is 5.73 Å². The van der Waals surface area contributed by atoms with Crippen LogP contribution < -0.4 is 11.1 Å². The number of anilines is 2. The molecule has 15 heavy (non-hydrogen) atoms. The maximum Gasteiger partial charge on any atom is 0.278 e. The first-order valence-corrected chi connectivity index (χ1v) is 4.26. The zero-order valence-corrected chi connectivity index (χ0v) is 8.06. The standard InChI is InChI=1S/C8H10N6O/c1-14-6(5(9)4-12-14)7(15)13-8-10-2-3-11-8/h2-4H,9H2,1H3,(H2,10,11,13,15). The quantitative estimate of drug-likeness (QED) is 0.642. The van der Waals surface area contributed by atoms with Crippen LogP contribution >= 0.6 is 0 Å². The van der Waals surface area contributed by atoms with Gasteiger partial charge in [-0.05, 0) is 0 Å². The third kappa shape index (κ3) is 1.66. The summed E-state index contributed by atoms with van der Waals surface area (Å²) < 4.78 is 1.41. The van der Waals surface area contributed by atoms with E-state index in [1.165, 1.54) is 10.9 Å². The number of H-pyrrole nitrogens is 1. The highest BCUT2D eigenvalue weighted by molar-refractivity contribution is 6.05. The van der Waals surface area contributed by atoms with E-state index in [2.05, 4.69) is 20.4 Å². The zero-order valence-electron chi connectivity index (χ0n) is 8.06. The lowest BCUT2D eigenvalue weighted by atomic mass is 10.3. The normalized spacial score (nSPS) is 10.2. The van der Waals surface area contributed by atoms with E-state index in [-0.39, 0.29) is 5.91 Å². The van der Waals surface area contributed by atoms with Crippen LogP contribution in [-0.4, -0.2) is 25.7 Å². The fourth-order valence-corrected chi connectivity index (χ4v) is 1.23. The molecule has 2 aromatic rings. The van der Waals surface area contributed by atoms with Gasteiger partial charge in [-0.25, -0.2) is 4.98 Å². The van der Waals surface area contributed by atoms with Gasteiger partial charge in [0.15, 0.2) is 0 Å². The first kappa shape index (κ1) is 9.25. The Bertz CT molecular complexity index is 452. The summed E-state index contributed by atoms with van der Waals surface area (Å²) in [5, 5.41) is 6.43. The number of aromatic nitrogens is 4. The summed E-state index contributed by atoms with van der Waals surface area (Å²) in [5.41, 5.74) is 6.24. The van der Waals surface area contributed by atoms with E-state index >= 15 is 0 Å². The summed E-state index contributed by atoms with van der Waals surface area (Å²) in [6.07, 6.45) is 4.58. The number of nitrogen functional groups attached to an aromatic ring is 1. The maximum absolute atomic E-state index is 11.7. The molecule has 2 heterocycles. The molecule has 4 N–H and O–H groups in total. The van der Waals surface area contributed by atoms with Crippen LogP contribution in [0.25, 0.3) is 0 Å². The summed E-state index contributed by atoms with van der Waals surface area (Å²) in [6, 6.07) is 0. The minimum absolute atomic E-state index is 0.311. The Kier molecular flexibility index (Phi) is 2.13. The summed E-state index contributed by atoms with van der Waals surface area (Å²) >= 11 is 0. The van der Waals surface area contributed by atoms with Crippen molar-refractivity contribution in [2.45, 2.75) is 0 Å². The van der Waals surface area contributed by atoms with E-state index in [0.29, 0.717) is 17.3 Å². The average molecular weight is 206 g/mol. The van der Waals surface area contributed by atoms with Gasteiger partial charge in [0.1, 0.15) is 5.69 Å². The number of carbonyl (C=O) groups excluding carboxylic acids is 1. The van der Waals surface area contributed by atoms with Gasteiger partial charge in [0.25, 0.3) is 5.91 Å². The number of aryl methyl sites for hydroxylation is 1. The highest BCUT2D eigenvalue weighted by Crippen LogP contribution is 2.10. The smallest absolute Gasteiger partial charge is 0.278 e. The fourth-order valence-electron chi connectivity index (χ4n) is 1.23. The molecule has 0 spiro atoms. The molecule has 0 saturated heterocycles. The molecule has 2 rings (SSSR count). The molecule has 0 fully saturated rings. The number of rotatable bonds is 2. The van der Waals surface area contributed by atoms with Crippen LogP contribution in [0, 0.1) is 0 Å². The predicted molar refractivity (Wildman–Crippen MR) is 54.2 cm³/mol. The van der Waals surface area contributed by atoms with E-state index in [1.54, 1.807) is 19.4 Å². The Labute approximate surface area is 85.3 Å². The van der Waals surface area contributed by atoms with Crippen LogP contribution in [0.5, 0.6) is 0 Å². The van der Waals surface area contributed by atoms with Crippen molar-refractivity contribution in [2.24, 2.45) is 7.05 Å². The minimum Gasteiger partial charge on any atom is -0.396 e. The molecule has 0 atom stereocenters. The Hall–Kier alpha value is -2.31. The molecule has 0 aromatic carbocycles. The summed E-state index contributed by atoms with van der Waals surface area (Å²) in [4.78, 5) is 18.3. The summed E-state index contributed by atoms with van der Waals surface area (Å²) in [5.74, 6) is 0.0306. The van der Waals surface area contributed by atoms with Gasteiger partial charge in [0, 0.05) is 19.4 Å². The molecule has 0 unspecified atom stereocenters. The number of hydrogen-bond donors (Lipinski definition) is 3. The number of nitrogens with two attached hydrogens (primary N) is 1. The summed E-state index contributed by atoms with van der Waals surface area (Å²) in [6.45, 7) is 0. The van der Waals surface area contributed by atoms with Crippen molar-refractivity contribution in [3.8, 4) is 0 Å². The molecule has 78 valence electrons. The number of hydrogen-bond acceptors (Lipinski definition) is 4. The van der Waals surface area contributed by atoms with Crippen LogP contribution in [0.1, 0.15) is 10.5 Å². The van der Waals surface area contributed by atoms with E-state index in [1.807, 2.05) is 0 Å². The Morgan fingerprint density at radius 3 is 3.00 bits per heavy atom. The van der Waals surface area contributed by atoms with Crippen molar-refractivity contribution >= 4 is 17.5 Å². The van der Waals surface area contributed by atoms with Crippen LogP contribution in [0.2, 0.25) is 0 Å². The second-order valence-electron chi connectivity index (χ2n) is 2.96. The van der Waals surface area contributed by atoms with E-state index < -0.39 is 0 Å². The lowest BCUT2D eigenvalue weighted by Crippen LogP contribution is -2.18. The van der Waals surface area contributed by atoms with Crippen LogP contribution in [-0.2, 0) is 7.05 Å². The highest BCUT2D eigenvalue weighted by Gasteiger charge is 2.15. The second kappa shape index (κ2) is 3.45. The Balaban J connectivity index is 2.22. The molecule has 0 radical (unpaired) electrons. The van der Waals surface area contributed by atoms with Gasteiger partial charge in [-0.15, -0.1) is 0 Å². The molecule has 7 nitrogen and oxygen atoms in total. The molecule has 2 aromatic heterocycles. The van der Waals surface area contributed by atoms with Crippen LogP contribution in [0.4, 0.5) is 11.6 Å². The highest BCUT2D eigenvalue weighted by atomic mass is 16.2. The number of aromatic amines is 1. The second-order valence-corrected chi connectivity index (χ2v) is 2.96. The monoisotopic (exact) mass is 206 g/mol. The van der Waals surface area contributed by atoms with Crippen molar-refractivity contribution in [1.29, 1.82) is 0 Å². The lowest BCUT2D eigenvalue weighted by Gasteiger charge is -2.02. The molecule has 0 aliphatic rings. The predicted octanol–water partition coefficient (Wildman–Crippen LogP) is -0.0223. The van der Waals surface area contributed by atoms with Crippen LogP contribution in [0.3, 0.4) is 0 Å². The lowest BCUT2D eigenvalue weighted by molar-refractivity contribution is 0.101. The average Bonchev–Trinajstić information content (AvgIpc) is 2.77. The Morgan fingerprint density at radius 2 is 2.47 bits per heavy atom. The molecule has 0 aliphatic heterocycles. The Morgan fingerprint density at radius 1 is 1.67 bits per heavy atom. The number of nitrogens with one attached hydrogen (secondary N) is 2. The first-order chi connectivity index (χ1) is 7.18. The third-order valence-corrected chi connectivity index (χ3v) is 1.91. The molecule has 0 saturated carbocycles.